The minimum Gasteiger partial charge on any atom is -0.356 e. The molecule has 1 aromatic carbocycles. The highest BCUT2D eigenvalue weighted by Gasteiger charge is 2.35. The highest BCUT2D eigenvalue weighted by molar-refractivity contribution is 8.23. The number of pyridine rings is 1. The van der Waals surface area contributed by atoms with Crippen molar-refractivity contribution in [2.75, 3.05) is 24.2 Å². The zero-order valence-corrected chi connectivity index (χ0v) is 18.3. The molecule has 2 bridgehead atoms. The molecule has 152 valence electrons. The van der Waals surface area contributed by atoms with E-state index in [-0.39, 0.29) is 11.5 Å². The van der Waals surface area contributed by atoms with Crippen LogP contribution in [-0.4, -0.2) is 38.5 Å². The Morgan fingerprint density at radius 3 is 2.69 bits per heavy atom. The first kappa shape index (κ1) is 20.2. The molecule has 7 heteroatoms. The third kappa shape index (κ3) is 4.56. The van der Waals surface area contributed by atoms with Crippen molar-refractivity contribution in [2.45, 2.75) is 32.7 Å². The molecule has 2 aromatic rings. The van der Waals surface area contributed by atoms with E-state index >= 15 is 0 Å². The third-order valence-corrected chi connectivity index (χ3v) is 7.09. The summed E-state index contributed by atoms with van der Waals surface area (Å²) in [5.41, 5.74) is 4.28. The van der Waals surface area contributed by atoms with Gasteiger partial charge in [-0.2, -0.15) is 0 Å². The molecule has 2 atom stereocenters. The Morgan fingerprint density at radius 1 is 1.17 bits per heavy atom. The van der Waals surface area contributed by atoms with Gasteiger partial charge in [-0.3, -0.25) is 9.59 Å². The van der Waals surface area contributed by atoms with E-state index in [1.54, 1.807) is 6.07 Å². The number of anilines is 1. The predicted molar refractivity (Wildman–Crippen MR) is 123 cm³/mol. The topological polar surface area (TPSA) is 54.3 Å². The second-order valence-corrected chi connectivity index (χ2v) is 9.69. The molecule has 1 aromatic heterocycles. The van der Waals surface area contributed by atoms with E-state index in [9.17, 15) is 9.59 Å². The zero-order valence-electron chi connectivity index (χ0n) is 16.7. The summed E-state index contributed by atoms with van der Waals surface area (Å²) in [5, 5.41) is 2.97. The second-order valence-electron chi connectivity index (χ2n) is 8.08. The summed E-state index contributed by atoms with van der Waals surface area (Å²) < 4.78 is 2.69. The molecule has 1 saturated heterocycles. The van der Waals surface area contributed by atoms with Gasteiger partial charge < -0.3 is 14.8 Å². The molecule has 3 heterocycles. The Bertz CT molecular complexity index is 997. The van der Waals surface area contributed by atoms with Crippen LogP contribution >= 0.6 is 24.0 Å². The number of thioether (sulfide) groups is 1. The van der Waals surface area contributed by atoms with E-state index in [2.05, 4.69) is 22.3 Å². The zero-order chi connectivity index (χ0) is 20.5. The van der Waals surface area contributed by atoms with Crippen LogP contribution in [0.4, 0.5) is 5.69 Å². The number of amides is 1. The van der Waals surface area contributed by atoms with Crippen molar-refractivity contribution >= 4 is 39.9 Å². The number of rotatable bonds is 3. The fraction of sp³-hybridized carbons (Fsp3) is 0.409. The van der Waals surface area contributed by atoms with Crippen LogP contribution in [0.1, 0.15) is 29.2 Å². The van der Waals surface area contributed by atoms with Crippen molar-refractivity contribution in [2.24, 2.45) is 5.92 Å². The Kier molecular flexibility index (Phi) is 5.79. The van der Waals surface area contributed by atoms with Crippen LogP contribution in [0.2, 0.25) is 0 Å². The molecule has 2 aliphatic heterocycles. The van der Waals surface area contributed by atoms with Crippen LogP contribution in [-0.2, 0) is 11.3 Å². The minimum absolute atomic E-state index is 0.0450. The summed E-state index contributed by atoms with van der Waals surface area (Å²) in [6.45, 7) is 6.45. The van der Waals surface area contributed by atoms with Gasteiger partial charge in [0, 0.05) is 43.0 Å². The SMILES string of the molecule is Cc1cc(C)cc(NC(=O)CSC(=S)N2C[C@H]3C[C@@H](C2)c2cccc(=O)n2C3)c1. The molecule has 5 nitrogen and oxygen atoms in total. The molecule has 0 radical (unpaired) electrons. The Labute approximate surface area is 180 Å². The largest absolute Gasteiger partial charge is 0.356 e. The standard InChI is InChI=1S/C22H25N3O2S2/c1-14-6-15(2)8-18(7-14)23-20(26)13-29-22(28)24-10-16-9-17(12-24)19-4-3-5-21(27)25(19)11-16/h3-8,16-17H,9-13H2,1-2H3,(H,23,26)/t16-,17+/m1/s1. The maximum Gasteiger partial charge on any atom is 0.250 e. The second kappa shape index (κ2) is 8.32. The summed E-state index contributed by atoms with van der Waals surface area (Å²) in [5.74, 6) is 0.993. The number of carbonyl (C=O) groups excluding carboxylic acids is 1. The maximum atomic E-state index is 12.4. The average molecular weight is 428 g/mol. The van der Waals surface area contributed by atoms with Gasteiger partial charge in [0.1, 0.15) is 4.32 Å². The van der Waals surface area contributed by atoms with E-state index in [1.807, 2.05) is 36.6 Å². The van der Waals surface area contributed by atoms with Gasteiger partial charge in [-0.05, 0) is 55.5 Å². The summed E-state index contributed by atoms with van der Waals surface area (Å²) in [6, 6.07) is 11.6. The maximum absolute atomic E-state index is 12.4. The van der Waals surface area contributed by atoms with Crippen LogP contribution in [0, 0.1) is 19.8 Å². The van der Waals surface area contributed by atoms with E-state index in [0.29, 0.717) is 17.6 Å². The third-order valence-electron chi connectivity index (χ3n) is 5.57. The molecule has 0 saturated carbocycles. The van der Waals surface area contributed by atoms with Gasteiger partial charge in [0.15, 0.2) is 0 Å². The van der Waals surface area contributed by atoms with Gasteiger partial charge in [0.25, 0.3) is 5.56 Å². The van der Waals surface area contributed by atoms with Crippen LogP contribution < -0.4 is 10.9 Å². The fourth-order valence-corrected chi connectivity index (χ4v) is 5.49. The first-order valence-electron chi connectivity index (χ1n) is 9.88. The monoisotopic (exact) mass is 427 g/mol. The van der Waals surface area contributed by atoms with Gasteiger partial charge in [0.05, 0.1) is 5.75 Å². The van der Waals surface area contributed by atoms with Crippen molar-refractivity contribution in [3.05, 3.63) is 63.6 Å². The molecule has 1 amide bonds. The first-order chi connectivity index (χ1) is 13.9. The quantitative estimate of drug-likeness (QED) is 0.760. The molecule has 0 spiro atoms. The number of nitrogens with one attached hydrogen (secondary N) is 1. The molecule has 2 aliphatic rings. The molecule has 0 aliphatic carbocycles. The number of fused-ring (bicyclic) bond motifs is 4. The van der Waals surface area contributed by atoms with E-state index in [4.69, 9.17) is 12.2 Å². The highest BCUT2D eigenvalue weighted by atomic mass is 32.2. The lowest BCUT2D eigenvalue weighted by atomic mass is 9.83. The lowest BCUT2D eigenvalue weighted by molar-refractivity contribution is -0.113. The van der Waals surface area contributed by atoms with Crippen molar-refractivity contribution in [1.29, 1.82) is 0 Å². The fourth-order valence-electron chi connectivity index (χ4n) is 4.51. The smallest absolute Gasteiger partial charge is 0.250 e. The molecule has 4 rings (SSSR count). The molecule has 29 heavy (non-hydrogen) atoms. The first-order valence-corrected chi connectivity index (χ1v) is 11.3. The number of aryl methyl sites for hydroxylation is 2. The lowest BCUT2D eigenvalue weighted by Gasteiger charge is -2.43. The predicted octanol–water partition coefficient (Wildman–Crippen LogP) is 3.54. The molecule has 0 unspecified atom stereocenters. The van der Waals surface area contributed by atoms with E-state index < -0.39 is 0 Å². The molecule has 1 fully saturated rings. The summed E-state index contributed by atoms with van der Waals surface area (Å²) in [6.07, 6.45) is 1.10. The normalized spacial score (nSPS) is 20.1. The number of nitrogens with zero attached hydrogens (tertiary/aromatic N) is 2. The summed E-state index contributed by atoms with van der Waals surface area (Å²) in [4.78, 5) is 26.7. The number of likely N-dealkylation sites (tertiary alicyclic amines) is 1. The highest BCUT2D eigenvalue weighted by Crippen LogP contribution is 2.36. The number of aromatic nitrogens is 1. The van der Waals surface area contributed by atoms with Gasteiger partial charge >= 0.3 is 0 Å². The minimum atomic E-state index is -0.0450. The molecular formula is C22H25N3O2S2. The van der Waals surface area contributed by atoms with Crippen molar-refractivity contribution in [3.63, 3.8) is 0 Å². The van der Waals surface area contributed by atoms with Gasteiger partial charge in [-0.25, -0.2) is 0 Å². The van der Waals surface area contributed by atoms with Crippen LogP contribution in [0.25, 0.3) is 0 Å². The summed E-state index contributed by atoms with van der Waals surface area (Å²) in [7, 11) is 0. The van der Waals surface area contributed by atoms with Gasteiger partial charge in [0.2, 0.25) is 5.91 Å². The van der Waals surface area contributed by atoms with Crippen molar-refractivity contribution in [3.8, 4) is 0 Å². The molecular weight excluding hydrogens is 402 g/mol. The lowest BCUT2D eigenvalue weighted by Crippen LogP contribution is -2.48. The number of carbonyl (C=O) groups is 1. The van der Waals surface area contributed by atoms with Crippen LogP contribution in [0.5, 0.6) is 0 Å². The number of thiocarbonyl (C=S) groups is 1. The number of hydrogen-bond acceptors (Lipinski definition) is 4. The van der Waals surface area contributed by atoms with Gasteiger partial charge in [-0.1, -0.05) is 36.1 Å². The Morgan fingerprint density at radius 2 is 1.93 bits per heavy atom. The number of hydrogen-bond donors (Lipinski definition) is 1. The van der Waals surface area contributed by atoms with Crippen LogP contribution in [0.3, 0.4) is 0 Å². The van der Waals surface area contributed by atoms with E-state index in [0.717, 1.165) is 52.9 Å². The van der Waals surface area contributed by atoms with Crippen molar-refractivity contribution in [1.82, 2.24) is 9.47 Å². The van der Waals surface area contributed by atoms with Crippen LogP contribution in [0.15, 0.2) is 41.2 Å². The van der Waals surface area contributed by atoms with Gasteiger partial charge in [-0.15, -0.1) is 0 Å². The average Bonchev–Trinajstić information content (AvgIpc) is 2.66. The Hall–Kier alpha value is -2.12. The molecule has 1 N–H and O–H groups in total. The summed E-state index contributed by atoms with van der Waals surface area (Å²) >= 11 is 7.06. The number of benzene rings is 1. The Balaban J connectivity index is 1.35. The van der Waals surface area contributed by atoms with E-state index in [1.165, 1.54) is 11.8 Å². The van der Waals surface area contributed by atoms with Crippen molar-refractivity contribution < 1.29 is 4.79 Å². The number of piperidine rings is 1.